The van der Waals surface area contributed by atoms with Gasteiger partial charge in [-0.1, -0.05) is 41.1 Å². The van der Waals surface area contributed by atoms with Crippen molar-refractivity contribution in [2.75, 3.05) is 25.0 Å². The van der Waals surface area contributed by atoms with Crippen LogP contribution in [0.2, 0.25) is 0 Å². The van der Waals surface area contributed by atoms with Gasteiger partial charge >= 0.3 is 0 Å². The molecule has 0 saturated heterocycles. The van der Waals surface area contributed by atoms with E-state index in [0.29, 0.717) is 6.10 Å². The molecule has 0 saturated carbocycles. The second-order valence-electron chi connectivity index (χ2n) is 4.49. The van der Waals surface area contributed by atoms with Crippen LogP contribution >= 0.6 is 15.9 Å². The lowest BCUT2D eigenvalue weighted by atomic mass is 10.1. The van der Waals surface area contributed by atoms with Crippen LogP contribution in [-0.4, -0.2) is 36.0 Å². The number of ether oxygens (including phenoxy) is 1. The summed E-state index contributed by atoms with van der Waals surface area (Å²) < 4.78 is 5.97. The topological polar surface area (TPSA) is 12.5 Å². The van der Waals surface area contributed by atoms with Gasteiger partial charge < -0.3 is 4.74 Å². The van der Waals surface area contributed by atoms with Gasteiger partial charge in [0.2, 0.25) is 0 Å². The lowest BCUT2D eigenvalue weighted by molar-refractivity contribution is 0.155. The van der Waals surface area contributed by atoms with E-state index >= 15 is 0 Å². The molecule has 17 heavy (non-hydrogen) atoms. The number of para-hydroxylation sites is 1. The fraction of sp³-hybridized carbons (Fsp3) is 0.571. The first-order valence-electron chi connectivity index (χ1n) is 6.36. The highest BCUT2D eigenvalue weighted by Gasteiger charge is 2.23. The third-order valence-electron chi connectivity index (χ3n) is 3.23. The second-order valence-corrected chi connectivity index (χ2v) is 5.28. The van der Waals surface area contributed by atoms with E-state index in [-0.39, 0.29) is 0 Å². The first-order chi connectivity index (χ1) is 8.33. The number of likely N-dealkylation sites (N-methyl/N-ethyl adjacent to an activating group) is 1. The van der Waals surface area contributed by atoms with Crippen molar-refractivity contribution in [1.82, 2.24) is 4.90 Å². The van der Waals surface area contributed by atoms with E-state index in [0.717, 1.165) is 37.1 Å². The number of nitrogens with zero attached hydrogens (tertiary/aromatic N) is 1. The average Bonchev–Trinajstić information content (AvgIpc) is 2.76. The van der Waals surface area contributed by atoms with Crippen LogP contribution in [0.3, 0.4) is 0 Å². The van der Waals surface area contributed by atoms with Crippen LogP contribution in [0.25, 0.3) is 0 Å². The van der Waals surface area contributed by atoms with Gasteiger partial charge in [0.15, 0.2) is 0 Å². The number of hydrogen-bond donors (Lipinski definition) is 0. The van der Waals surface area contributed by atoms with Gasteiger partial charge in [0.25, 0.3) is 0 Å². The third-order valence-corrected chi connectivity index (χ3v) is 3.79. The molecule has 1 aliphatic heterocycles. The maximum absolute atomic E-state index is 5.97. The van der Waals surface area contributed by atoms with Gasteiger partial charge in [-0.2, -0.15) is 0 Å². The predicted octanol–water partition coefficient (Wildman–Crippen LogP) is 3.10. The first-order valence-corrected chi connectivity index (χ1v) is 7.48. The molecule has 3 heteroatoms. The molecule has 1 unspecified atom stereocenters. The summed E-state index contributed by atoms with van der Waals surface area (Å²) in [5.74, 6) is 1.08. The Kier molecular flexibility index (Phi) is 4.86. The van der Waals surface area contributed by atoms with Crippen molar-refractivity contribution >= 4 is 15.9 Å². The molecule has 0 spiro atoms. The van der Waals surface area contributed by atoms with Crippen molar-refractivity contribution in [2.24, 2.45) is 0 Å². The van der Waals surface area contributed by atoms with Gasteiger partial charge in [-0.25, -0.2) is 0 Å². The van der Waals surface area contributed by atoms with Crippen LogP contribution in [0.1, 0.15) is 18.9 Å². The summed E-state index contributed by atoms with van der Waals surface area (Å²) in [4.78, 5) is 2.47. The summed E-state index contributed by atoms with van der Waals surface area (Å²) in [5, 5.41) is 1.08. The third kappa shape index (κ3) is 3.46. The normalized spacial score (nSPS) is 18.2. The predicted molar refractivity (Wildman–Crippen MR) is 75.1 cm³/mol. The summed E-state index contributed by atoms with van der Waals surface area (Å²) >= 11 is 3.49. The van der Waals surface area contributed by atoms with Crippen LogP contribution in [0.4, 0.5) is 0 Å². The van der Waals surface area contributed by atoms with Crippen LogP contribution in [0.15, 0.2) is 24.3 Å². The van der Waals surface area contributed by atoms with Gasteiger partial charge in [0, 0.05) is 18.3 Å². The molecule has 2 nitrogen and oxygen atoms in total. The molecule has 1 atom stereocenters. The highest BCUT2D eigenvalue weighted by atomic mass is 79.9. The minimum absolute atomic E-state index is 0.336. The SMILES string of the molecule is CCN(CCCBr)CC1Cc2ccccc2O1. The minimum atomic E-state index is 0.336. The standard InChI is InChI=1S/C14H20BrNO/c1-2-16(9-5-8-15)11-13-10-12-6-3-4-7-14(12)17-13/h3-4,6-7,13H,2,5,8-11H2,1H3. The Balaban J connectivity index is 1.85. The molecule has 0 radical (unpaired) electrons. The smallest absolute Gasteiger partial charge is 0.123 e. The Hall–Kier alpha value is -0.540. The molecule has 0 amide bonds. The lowest BCUT2D eigenvalue weighted by Crippen LogP contribution is -2.35. The number of halogens is 1. The van der Waals surface area contributed by atoms with E-state index in [1.165, 1.54) is 12.0 Å². The summed E-state index contributed by atoms with van der Waals surface area (Å²) in [6, 6.07) is 8.38. The summed E-state index contributed by atoms with van der Waals surface area (Å²) in [7, 11) is 0. The van der Waals surface area contributed by atoms with Crippen molar-refractivity contribution in [3.8, 4) is 5.75 Å². The van der Waals surface area contributed by atoms with Gasteiger partial charge in [-0.05, 0) is 31.1 Å². The highest BCUT2D eigenvalue weighted by Crippen LogP contribution is 2.28. The molecule has 0 N–H and O–H groups in total. The quantitative estimate of drug-likeness (QED) is 0.748. The first kappa shape index (κ1) is 12.9. The Bertz CT molecular complexity index is 331. The van der Waals surface area contributed by atoms with Crippen molar-refractivity contribution < 1.29 is 4.74 Å². The fourth-order valence-electron chi connectivity index (χ4n) is 2.31. The van der Waals surface area contributed by atoms with Crippen molar-refractivity contribution in [3.05, 3.63) is 29.8 Å². The molecule has 1 aromatic carbocycles. The fourth-order valence-corrected chi connectivity index (χ4v) is 2.56. The maximum Gasteiger partial charge on any atom is 0.123 e. The largest absolute Gasteiger partial charge is 0.488 e. The lowest BCUT2D eigenvalue weighted by Gasteiger charge is -2.23. The zero-order chi connectivity index (χ0) is 12.1. The van der Waals surface area contributed by atoms with E-state index in [4.69, 9.17) is 4.74 Å². The molecule has 0 aliphatic carbocycles. The van der Waals surface area contributed by atoms with E-state index in [1.54, 1.807) is 0 Å². The zero-order valence-electron chi connectivity index (χ0n) is 10.4. The molecule has 94 valence electrons. The molecule has 2 rings (SSSR count). The highest BCUT2D eigenvalue weighted by molar-refractivity contribution is 9.09. The molecule has 0 aromatic heterocycles. The zero-order valence-corrected chi connectivity index (χ0v) is 11.9. The monoisotopic (exact) mass is 297 g/mol. The summed E-state index contributed by atoms with van der Waals surface area (Å²) in [6.45, 7) is 5.51. The molecule has 1 heterocycles. The molecule has 0 fully saturated rings. The summed E-state index contributed by atoms with van der Waals surface area (Å²) in [5.41, 5.74) is 1.36. The second kappa shape index (κ2) is 6.41. The Morgan fingerprint density at radius 2 is 2.24 bits per heavy atom. The van der Waals surface area contributed by atoms with E-state index in [1.807, 2.05) is 6.07 Å². The summed E-state index contributed by atoms with van der Waals surface area (Å²) in [6.07, 6.45) is 2.59. The molecule has 1 aromatic rings. The number of alkyl halides is 1. The maximum atomic E-state index is 5.97. The van der Waals surface area contributed by atoms with Crippen molar-refractivity contribution in [2.45, 2.75) is 25.9 Å². The Morgan fingerprint density at radius 1 is 1.41 bits per heavy atom. The Labute approximate surface area is 112 Å². The number of rotatable bonds is 6. The molecular formula is C14H20BrNO. The van der Waals surface area contributed by atoms with Crippen molar-refractivity contribution in [1.29, 1.82) is 0 Å². The van der Waals surface area contributed by atoms with Crippen molar-refractivity contribution in [3.63, 3.8) is 0 Å². The van der Waals surface area contributed by atoms with Crippen LogP contribution in [0.5, 0.6) is 5.75 Å². The number of hydrogen-bond acceptors (Lipinski definition) is 2. The van der Waals surface area contributed by atoms with Gasteiger partial charge in [-0.3, -0.25) is 4.90 Å². The van der Waals surface area contributed by atoms with Gasteiger partial charge in [0.1, 0.15) is 11.9 Å². The Morgan fingerprint density at radius 3 is 2.94 bits per heavy atom. The molecule has 0 bridgehead atoms. The molecule has 1 aliphatic rings. The van der Waals surface area contributed by atoms with Gasteiger partial charge in [0.05, 0.1) is 0 Å². The number of benzene rings is 1. The average molecular weight is 298 g/mol. The van der Waals surface area contributed by atoms with Crippen LogP contribution < -0.4 is 4.74 Å². The van der Waals surface area contributed by atoms with E-state index in [9.17, 15) is 0 Å². The number of fused-ring (bicyclic) bond motifs is 1. The van der Waals surface area contributed by atoms with Gasteiger partial charge in [-0.15, -0.1) is 0 Å². The van der Waals surface area contributed by atoms with E-state index < -0.39 is 0 Å². The van der Waals surface area contributed by atoms with Crippen LogP contribution in [-0.2, 0) is 6.42 Å². The molecular weight excluding hydrogens is 278 g/mol. The van der Waals surface area contributed by atoms with Crippen LogP contribution in [0, 0.1) is 0 Å². The van der Waals surface area contributed by atoms with E-state index in [2.05, 4.69) is 46.0 Å². The minimum Gasteiger partial charge on any atom is -0.488 e.